The van der Waals surface area contributed by atoms with Crippen LogP contribution in [0.25, 0.3) is 5.57 Å². The van der Waals surface area contributed by atoms with Crippen LogP contribution >= 0.6 is 0 Å². The second-order valence-electron chi connectivity index (χ2n) is 6.30. The van der Waals surface area contributed by atoms with Crippen molar-refractivity contribution in [2.24, 2.45) is 0 Å². The van der Waals surface area contributed by atoms with Crippen LogP contribution < -0.4 is 5.32 Å². The predicted molar refractivity (Wildman–Crippen MR) is 95.2 cm³/mol. The molecule has 0 aliphatic heterocycles. The zero-order chi connectivity index (χ0) is 19.7. The van der Waals surface area contributed by atoms with E-state index in [1.54, 1.807) is 6.07 Å². The Morgan fingerprint density at radius 3 is 2.68 bits per heavy atom. The maximum absolute atomic E-state index is 13.6. The summed E-state index contributed by atoms with van der Waals surface area (Å²) in [5.41, 5.74) is 2.49. The van der Waals surface area contributed by atoms with Crippen LogP contribution in [-0.2, 0) is 6.42 Å². The van der Waals surface area contributed by atoms with Crippen LogP contribution in [-0.4, -0.2) is 27.8 Å². The molecule has 0 saturated heterocycles. The van der Waals surface area contributed by atoms with Crippen molar-refractivity contribution in [1.82, 2.24) is 15.5 Å². The molecule has 0 bridgehead atoms. The molecule has 1 atom stereocenters. The molecule has 2 N–H and O–H groups in total. The van der Waals surface area contributed by atoms with E-state index in [4.69, 9.17) is 4.52 Å². The number of halogens is 2. The Morgan fingerprint density at radius 1 is 1.18 bits per heavy atom. The van der Waals surface area contributed by atoms with Crippen molar-refractivity contribution in [3.63, 3.8) is 0 Å². The number of hydrogen-bond donors (Lipinski definition) is 2. The highest BCUT2D eigenvalue weighted by Crippen LogP contribution is 2.32. The van der Waals surface area contributed by atoms with Gasteiger partial charge in [0.25, 0.3) is 11.8 Å². The molecule has 0 unspecified atom stereocenters. The zero-order valence-electron chi connectivity index (χ0n) is 14.5. The highest BCUT2D eigenvalue weighted by molar-refractivity contribution is 5.94. The van der Waals surface area contributed by atoms with E-state index in [0.29, 0.717) is 17.6 Å². The third-order valence-electron chi connectivity index (χ3n) is 4.46. The molecule has 0 fully saturated rings. The number of benzene rings is 2. The van der Waals surface area contributed by atoms with E-state index in [-0.39, 0.29) is 23.1 Å². The molecule has 28 heavy (non-hydrogen) atoms. The monoisotopic (exact) mass is 383 g/mol. The Morgan fingerprint density at radius 2 is 1.93 bits per heavy atom. The van der Waals surface area contributed by atoms with Gasteiger partial charge in [-0.25, -0.2) is 8.78 Å². The zero-order valence-corrected chi connectivity index (χ0v) is 14.5. The van der Waals surface area contributed by atoms with Crippen molar-refractivity contribution in [2.45, 2.75) is 12.5 Å². The van der Waals surface area contributed by atoms with E-state index in [1.807, 2.05) is 6.08 Å². The van der Waals surface area contributed by atoms with Gasteiger partial charge in [-0.05, 0) is 53.9 Å². The molecule has 1 heterocycles. The first kappa shape index (κ1) is 18.0. The molecule has 1 aliphatic rings. The normalized spacial score (nSPS) is 13.8. The maximum atomic E-state index is 13.6. The smallest absolute Gasteiger partial charge is 0.251 e. The third-order valence-corrected chi connectivity index (χ3v) is 4.46. The molecule has 3 aromatic rings. The number of nitrogens with one attached hydrogen (secondary N) is 1. The van der Waals surface area contributed by atoms with Gasteiger partial charge in [0.2, 0.25) is 5.82 Å². The minimum Gasteiger partial charge on any atom is -0.394 e. The van der Waals surface area contributed by atoms with Crippen LogP contribution in [0.5, 0.6) is 0 Å². The summed E-state index contributed by atoms with van der Waals surface area (Å²) in [7, 11) is 0. The number of carbonyl (C=O) groups excluding carboxylic acids is 1. The Bertz CT molecular complexity index is 1060. The molecule has 2 aromatic carbocycles. The van der Waals surface area contributed by atoms with Crippen molar-refractivity contribution in [2.75, 3.05) is 6.61 Å². The minimum atomic E-state index is -0.937. The second-order valence-corrected chi connectivity index (χ2v) is 6.30. The van der Waals surface area contributed by atoms with E-state index in [1.165, 1.54) is 24.3 Å². The van der Waals surface area contributed by atoms with Crippen LogP contribution in [0.1, 0.15) is 39.2 Å². The summed E-state index contributed by atoms with van der Waals surface area (Å²) < 4.78 is 31.8. The number of aliphatic hydroxyl groups is 1. The lowest BCUT2D eigenvalue weighted by molar-refractivity contribution is 0.0901. The first-order valence-corrected chi connectivity index (χ1v) is 8.55. The molecule has 0 radical (unpaired) electrons. The first-order chi connectivity index (χ1) is 13.5. The molecule has 1 aliphatic carbocycles. The molecule has 1 aromatic heterocycles. The van der Waals surface area contributed by atoms with Gasteiger partial charge in [-0.15, -0.1) is 0 Å². The maximum Gasteiger partial charge on any atom is 0.251 e. The fraction of sp³-hybridized carbons (Fsp3) is 0.150. The van der Waals surface area contributed by atoms with Crippen LogP contribution in [0.2, 0.25) is 0 Å². The van der Waals surface area contributed by atoms with Gasteiger partial charge in [0.15, 0.2) is 0 Å². The molecular formula is C20H15F2N3O3. The van der Waals surface area contributed by atoms with Gasteiger partial charge in [-0.1, -0.05) is 17.3 Å². The van der Waals surface area contributed by atoms with E-state index < -0.39 is 24.4 Å². The summed E-state index contributed by atoms with van der Waals surface area (Å²) in [6.45, 7) is -0.473. The number of allylic oxidation sites excluding steroid dienone is 1. The van der Waals surface area contributed by atoms with Gasteiger partial charge in [0, 0.05) is 11.1 Å². The SMILES string of the molecule is O=C(N[C@@H](CO)c1nc(C2=CCc3ccc(F)cc32)no1)c1ccc(F)cc1. The van der Waals surface area contributed by atoms with Crippen LogP contribution in [0.3, 0.4) is 0 Å². The number of nitrogens with zero attached hydrogens (tertiary/aromatic N) is 2. The summed E-state index contributed by atoms with van der Waals surface area (Å²) >= 11 is 0. The van der Waals surface area contributed by atoms with Gasteiger partial charge < -0.3 is 14.9 Å². The quantitative estimate of drug-likeness (QED) is 0.707. The molecule has 8 heteroatoms. The molecule has 4 rings (SSSR count). The van der Waals surface area contributed by atoms with E-state index in [9.17, 15) is 18.7 Å². The van der Waals surface area contributed by atoms with E-state index >= 15 is 0 Å². The van der Waals surface area contributed by atoms with E-state index in [0.717, 1.165) is 17.7 Å². The van der Waals surface area contributed by atoms with Gasteiger partial charge in [-0.3, -0.25) is 4.79 Å². The lowest BCUT2D eigenvalue weighted by Crippen LogP contribution is -2.31. The number of hydrogen-bond acceptors (Lipinski definition) is 5. The molecule has 6 nitrogen and oxygen atoms in total. The van der Waals surface area contributed by atoms with Crippen molar-refractivity contribution in [1.29, 1.82) is 0 Å². The number of aliphatic hydroxyl groups excluding tert-OH is 1. The largest absolute Gasteiger partial charge is 0.394 e. The highest BCUT2D eigenvalue weighted by atomic mass is 19.1. The van der Waals surface area contributed by atoms with Crippen molar-refractivity contribution >= 4 is 11.5 Å². The fourth-order valence-corrected chi connectivity index (χ4v) is 3.03. The third kappa shape index (κ3) is 3.41. The summed E-state index contributed by atoms with van der Waals surface area (Å²) in [6.07, 6.45) is 2.49. The van der Waals surface area contributed by atoms with Crippen molar-refractivity contribution in [3.05, 3.63) is 88.6 Å². The van der Waals surface area contributed by atoms with Crippen LogP contribution in [0.15, 0.2) is 53.1 Å². The van der Waals surface area contributed by atoms with Crippen molar-refractivity contribution < 1.29 is 23.2 Å². The molecule has 0 spiro atoms. The summed E-state index contributed by atoms with van der Waals surface area (Å²) in [6, 6.07) is 8.55. The highest BCUT2D eigenvalue weighted by Gasteiger charge is 2.25. The molecule has 1 amide bonds. The average molecular weight is 383 g/mol. The average Bonchev–Trinajstić information content (AvgIpc) is 3.33. The number of rotatable bonds is 5. The number of aromatic nitrogens is 2. The van der Waals surface area contributed by atoms with Gasteiger partial charge in [0.05, 0.1) is 6.61 Å². The minimum absolute atomic E-state index is 0.0127. The van der Waals surface area contributed by atoms with E-state index in [2.05, 4.69) is 15.5 Å². The lowest BCUT2D eigenvalue weighted by atomic mass is 10.1. The number of amides is 1. The summed E-state index contributed by atoms with van der Waals surface area (Å²) in [4.78, 5) is 16.5. The Hall–Kier alpha value is -3.39. The summed E-state index contributed by atoms with van der Waals surface area (Å²) in [5, 5.41) is 16.1. The van der Waals surface area contributed by atoms with Crippen LogP contribution in [0.4, 0.5) is 8.78 Å². The standard InChI is InChI=1S/C20H15F2N3O3/c21-13-5-2-12(3-6-13)19(27)23-17(10-26)20-24-18(25-28-20)15-8-4-11-1-7-14(22)9-16(11)15/h1-3,5-9,17,26H,4,10H2,(H,23,27)/t17-/m0/s1. The molecule has 142 valence electrons. The van der Waals surface area contributed by atoms with Gasteiger partial charge in [-0.2, -0.15) is 4.98 Å². The fourth-order valence-electron chi connectivity index (χ4n) is 3.03. The Balaban J connectivity index is 1.54. The Labute approximate surface area is 158 Å². The second kappa shape index (κ2) is 7.32. The molecular weight excluding hydrogens is 368 g/mol. The lowest BCUT2D eigenvalue weighted by Gasteiger charge is -2.12. The summed E-state index contributed by atoms with van der Waals surface area (Å²) in [5.74, 6) is -1.09. The number of fused-ring (bicyclic) bond motifs is 1. The topological polar surface area (TPSA) is 88.2 Å². The molecule has 0 saturated carbocycles. The van der Waals surface area contributed by atoms with Gasteiger partial charge >= 0.3 is 0 Å². The van der Waals surface area contributed by atoms with Gasteiger partial charge in [0.1, 0.15) is 17.7 Å². The first-order valence-electron chi connectivity index (χ1n) is 8.55. The number of carbonyl (C=O) groups is 1. The van der Waals surface area contributed by atoms with Crippen molar-refractivity contribution in [3.8, 4) is 0 Å². The van der Waals surface area contributed by atoms with Crippen LogP contribution in [0, 0.1) is 11.6 Å². The Kier molecular flexibility index (Phi) is 4.70. The predicted octanol–water partition coefficient (Wildman–Crippen LogP) is 2.80.